The summed E-state index contributed by atoms with van der Waals surface area (Å²) in [7, 11) is 7.21. The van der Waals surface area contributed by atoms with Crippen LogP contribution in [0.25, 0.3) is 0 Å². The van der Waals surface area contributed by atoms with Gasteiger partial charge in [-0.05, 0) is 25.0 Å². The maximum absolute atomic E-state index is 13.2. The fourth-order valence-electron chi connectivity index (χ4n) is 4.40. The van der Waals surface area contributed by atoms with Gasteiger partial charge in [0.15, 0.2) is 0 Å². The highest BCUT2D eigenvalue weighted by Gasteiger charge is 2.54. The molecule has 2 aliphatic heterocycles. The molecule has 0 aliphatic carbocycles. The summed E-state index contributed by atoms with van der Waals surface area (Å²) >= 11 is 0. The van der Waals surface area contributed by atoms with Crippen molar-refractivity contribution in [2.75, 3.05) is 59.3 Å². The Morgan fingerprint density at radius 2 is 1.92 bits per heavy atom. The number of anilines is 1. The van der Waals surface area contributed by atoms with Crippen LogP contribution in [0.2, 0.25) is 0 Å². The number of nitrogens with zero attached hydrogens (tertiary/aromatic N) is 5. The van der Waals surface area contributed by atoms with Gasteiger partial charge in [-0.2, -0.15) is 0 Å². The van der Waals surface area contributed by atoms with Crippen LogP contribution < -0.4 is 4.90 Å². The van der Waals surface area contributed by atoms with Crippen molar-refractivity contribution in [1.29, 1.82) is 0 Å². The van der Waals surface area contributed by atoms with Crippen LogP contribution in [0.1, 0.15) is 12.8 Å². The van der Waals surface area contributed by atoms with Crippen LogP contribution in [0.4, 0.5) is 10.6 Å². The van der Waals surface area contributed by atoms with Crippen molar-refractivity contribution in [3.8, 4) is 0 Å². The van der Waals surface area contributed by atoms with Gasteiger partial charge >= 0.3 is 6.03 Å². The second-order valence-corrected chi connectivity index (χ2v) is 7.85. The first-order chi connectivity index (χ1) is 12.3. The van der Waals surface area contributed by atoms with E-state index in [0.29, 0.717) is 19.6 Å². The van der Waals surface area contributed by atoms with E-state index in [1.165, 1.54) is 0 Å². The minimum atomic E-state index is -0.456. The Hall–Kier alpha value is -2.31. The molecule has 0 bridgehead atoms. The van der Waals surface area contributed by atoms with Crippen LogP contribution in [-0.2, 0) is 4.79 Å². The Morgan fingerprint density at radius 1 is 1.15 bits per heavy atom. The van der Waals surface area contributed by atoms with E-state index in [1.807, 2.05) is 37.2 Å². The monoisotopic (exact) mass is 359 g/mol. The summed E-state index contributed by atoms with van der Waals surface area (Å²) < 4.78 is 0. The Balaban J connectivity index is 1.92. The quantitative estimate of drug-likeness (QED) is 0.800. The van der Waals surface area contributed by atoms with Crippen LogP contribution in [0.15, 0.2) is 24.4 Å². The Bertz CT molecular complexity index is 663. The summed E-state index contributed by atoms with van der Waals surface area (Å²) in [5.41, 5.74) is -0.456. The van der Waals surface area contributed by atoms with Gasteiger partial charge in [0.2, 0.25) is 5.91 Å². The molecule has 3 rings (SSSR count). The minimum absolute atomic E-state index is 0.0226. The highest BCUT2D eigenvalue weighted by atomic mass is 16.2. The van der Waals surface area contributed by atoms with Gasteiger partial charge in [0, 0.05) is 66.5 Å². The highest BCUT2D eigenvalue weighted by molar-refractivity contribution is 5.84. The average molecular weight is 359 g/mol. The molecule has 2 fully saturated rings. The van der Waals surface area contributed by atoms with Crippen molar-refractivity contribution in [2.45, 2.75) is 12.8 Å². The lowest BCUT2D eigenvalue weighted by molar-refractivity contribution is -0.141. The van der Waals surface area contributed by atoms with E-state index < -0.39 is 5.41 Å². The molecular weight excluding hydrogens is 330 g/mol. The van der Waals surface area contributed by atoms with Crippen LogP contribution >= 0.6 is 0 Å². The van der Waals surface area contributed by atoms with E-state index in [-0.39, 0.29) is 17.9 Å². The number of hydrogen-bond acceptors (Lipinski definition) is 4. The number of urea groups is 1. The fraction of sp³-hybridized carbons (Fsp3) is 0.632. The number of carbonyl (C=O) groups is 2. The molecule has 0 spiro atoms. The topological polar surface area (TPSA) is 60.0 Å². The van der Waals surface area contributed by atoms with Crippen molar-refractivity contribution in [2.24, 2.45) is 11.3 Å². The number of fused-ring (bicyclic) bond motifs is 1. The molecule has 0 radical (unpaired) electrons. The molecule has 3 heterocycles. The summed E-state index contributed by atoms with van der Waals surface area (Å²) in [6.07, 6.45) is 3.42. The maximum atomic E-state index is 13.2. The summed E-state index contributed by atoms with van der Waals surface area (Å²) in [5.74, 6) is 1.17. The molecule has 142 valence electrons. The summed E-state index contributed by atoms with van der Waals surface area (Å²) in [5, 5.41) is 0. The molecule has 3 amide bonds. The lowest BCUT2D eigenvalue weighted by Gasteiger charge is -2.34. The third-order valence-electron chi connectivity index (χ3n) is 5.65. The van der Waals surface area contributed by atoms with Crippen molar-refractivity contribution in [3.63, 3.8) is 0 Å². The second-order valence-electron chi connectivity index (χ2n) is 7.85. The van der Waals surface area contributed by atoms with Crippen molar-refractivity contribution < 1.29 is 9.59 Å². The number of pyridine rings is 1. The molecule has 7 nitrogen and oxygen atoms in total. The lowest BCUT2D eigenvalue weighted by atomic mass is 9.74. The average Bonchev–Trinajstić information content (AvgIpc) is 2.90. The Labute approximate surface area is 155 Å². The number of likely N-dealkylation sites (tertiary alicyclic amines) is 1. The van der Waals surface area contributed by atoms with Crippen LogP contribution in [0.3, 0.4) is 0 Å². The molecule has 26 heavy (non-hydrogen) atoms. The van der Waals surface area contributed by atoms with E-state index in [2.05, 4.69) is 9.88 Å². The van der Waals surface area contributed by atoms with Gasteiger partial charge in [0.1, 0.15) is 5.82 Å². The smallest absolute Gasteiger partial charge is 0.319 e. The van der Waals surface area contributed by atoms with Gasteiger partial charge in [-0.15, -0.1) is 0 Å². The SMILES string of the molecule is CN(C)C(=O)N1CCC[C@@]2(C(=O)N(C)C)CN(c3ccccn3)C[C@H]2C1. The number of amides is 3. The van der Waals surface area contributed by atoms with Crippen LogP contribution in [0.5, 0.6) is 0 Å². The minimum Gasteiger partial charge on any atom is -0.355 e. The molecule has 0 saturated carbocycles. The largest absolute Gasteiger partial charge is 0.355 e. The molecule has 7 heteroatoms. The van der Waals surface area contributed by atoms with Crippen molar-refractivity contribution >= 4 is 17.8 Å². The van der Waals surface area contributed by atoms with E-state index >= 15 is 0 Å². The van der Waals surface area contributed by atoms with Crippen LogP contribution in [-0.4, -0.2) is 86.0 Å². The Kier molecular flexibility index (Phi) is 5.07. The molecule has 0 aromatic carbocycles. The highest BCUT2D eigenvalue weighted by Crippen LogP contribution is 2.45. The number of carbonyl (C=O) groups excluding carboxylic acids is 2. The van der Waals surface area contributed by atoms with Gasteiger partial charge in [-0.1, -0.05) is 6.07 Å². The number of hydrogen-bond donors (Lipinski definition) is 0. The lowest BCUT2D eigenvalue weighted by Crippen LogP contribution is -2.48. The molecular formula is C19H29N5O2. The van der Waals surface area contributed by atoms with Crippen LogP contribution in [0, 0.1) is 11.3 Å². The second kappa shape index (κ2) is 7.13. The predicted molar refractivity (Wildman–Crippen MR) is 101 cm³/mol. The zero-order valence-electron chi connectivity index (χ0n) is 16.2. The number of aromatic nitrogens is 1. The molecule has 2 atom stereocenters. The summed E-state index contributed by atoms with van der Waals surface area (Å²) in [6, 6.07) is 5.88. The van der Waals surface area contributed by atoms with Gasteiger partial charge < -0.3 is 19.6 Å². The third-order valence-corrected chi connectivity index (χ3v) is 5.65. The number of rotatable bonds is 2. The first-order valence-corrected chi connectivity index (χ1v) is 9.19. The summed E-state index contributed by atoms with van der Waals surface area (Å²) in [6.45, 7) is 2.73. The normalized spacial score (nSPS) is 25.5. The molecule has 2 saturated heterocycles. The molecule has 1 aromatic heterocycles. The van der Waals surface area contributed by atoms with E-state index in [4.69, 9.17) is 0 Å². The van der Waals surface area contributed by atoms with E-state index in [1.54, 1.807) is 30.1 Å². The molecule has 1 aromatic rings. The fourth-order valence-corrected chi connectivity index (χ4v) is 4.40. The van der Waals surface area contributed by atoms with Gasteiger partial charge in [0.05, 0.1) is 5.41 Å². The zero-order chi connectivity index (χ0) is 18.9. The van der Waals surface area contributed by atoms with E-state index in [9.17, 15) is 9.59 Å². The Morgan fingerprint density at radius 3 is 2.54 bits per heavy atom. The van der Waals surface area contributed by atoms with Gasteiger partial charge in [-0.3, -0.25) is 4.79 Å². The first-order valence-electron chi connectivity index (χ1n) is 9.19. The van der Waals surface area contributed by atoms with Crippen molar-refractivity contribution in [3.05, 3.63) is 24.4 Å². The standard InChI is InChI=1S/C19H29N5O2/c1-21(2)17(25)19-9-7-11-23(18(26)22(3)4)12-15(19)13-24(14-19)16-8-5-6-10-20-16/h5-6,8,10,15H,7,9,11-14H2,1-4H3/t15-,19-/m1/s1. The van der Waals surface area contributed by atoms with Gasteiger partial charge in [-0.25, -0.2) is 9.78 Å². The molecule has 0 unspecified atom stereocenters. The van der Waals surface area contributed by atoms with E-state index in [0.717, 1.165) is 25.2 Å². The third kappa shape index (κ3) is 3.22. The predicted octanol–water partition coefficient (Wildman–Crippen LogP) is 1.37. The first kappa shape index (κ1) is 18.5. The zero-order valence-corrected chi connectivity index (χ0v) is 16.2. The van der Waals surface area contributed by atoms with Crippen molar-refractivity contribution in [1.82, 2.24) is 19.7 Å². The summed E-state index contributed by atoms with van der Waals surface area (Å²) in [4.78, 5) is 37.6. The maximum Gasteiger partial charge on any atom is 0.319 e. The molecule has 0 N–H and O–H groups in total. The van der Waals surface area contributed by atoms with Gasteiger partial charge in [0.25, 0.3) is 0 Å². The molecule has 2 aliphatic rings.